The zero-order valence-corrected chi connectivity index (χ0v) is 12.9. The number of aromatic nitrogens is 2. The van der Waals surface area contributed by atoms with Gasteiger partial charge in [-0.2, -0.15) is 26.9 Å². The molecule has 142 valence electrons. The molecule has 26 heavy (non-hydrogen) atoms. The van der Waals surface area contributed by atoms with E-state index in [9.17, 15) is 31.5 Å². The van der Waals surface area contributed by atoms with Gasteiger partial charge in [0.05, 0.1) is 0 Å². The number of alkyl halides is 5. The quantitative estimate of drug-likeness (QED) is 0.465. The minimum absolute atomic E-state index is 0.0663. The van der Waals surface area contributed by atoms with E-state index in [2.05, 4.69) is 9.97 Å². The van der Waals surface area contributed by atoms with Gasteiger partial charge in [0.2, 0.25) is 0 Å². The van der Waals surface area contributed by atoms with Crippen molar-refractivity contribution in [2.75, 3.05) is 13.1 Å². The molecular weight excluding hydrogens is 369 g/mol. The van der Waals surface area contributed by atoms with Crippen LogP contribution >= 0.6 is 0 Å². The first kappa shape index (κ1) is 19.5. The summed E-state index contributed by atoms with van der Waals surface area (Å²) in [5.74, 6) is -6.49. The standard InChI is InChI=1S/C13H12F5N5O3/c14-12(15,13(16,17)18)8-5-7(20-6-21-8)9(19)23(11(25)26)10(24)22-3-1-2-4-22/h5-6,19H,1-4H2,(H,25,26). The van der Waals surface area contributed by atoms with E-state index in [1.165, 1.54) is 0 Å². The van der Waals surface area contributed by atoms with Gasteiger partial charge < -0.3 is 10.0 Å². The molecule has 8 nitrogen and oxygen atoms in total. The van der Waals surface area contributed by atoms with Crippen molar-refractivity contribution < 1.29 is 36.6 Å². The van der Waals surface area contributed by atoms with Crippen LogP contribution in [0.3, 0.4) is 0 Å². The first-order valence-electron chi connectivity index (χ1n) is 7.14. The number of nitrogens with one attached hydrogen (secondary N) is 1. The number of halogens is 5. The van der Waals surface area contributed by atoms with Gasteiger partial charge in [-0.3, -0.25) is 5.41 Å². The molecule has 0 aromatic carbocycles. The van der Waals surface area contributed by atoms with Crippen LogP contribution < -0.4 is 0 Å². The number of carbonyl (C=O) groups is 2. The van der Waals surface area contributed by atoms with Crippen LogP contribution in [0.25, 0.3) is 0 Å². The molecule has 0 spiro atoms. The van der Waals surface area contributed by atoms with Crippen molar-refractivity contribution in [2.45, 2.75) is 24.9 Å². The molecule has 1 aromatic heterocycles. The number of likely N-dealkylation sites (tertiary alicyclic amines) is 1. The molecule has 1 aliphatic heterocycles. The second-order valence-corrected chi connectivity index (χ2v) is 5.30. The molecule has 2 N–H and O–H groups in total. The molecule has 1 aromatic rings. The first-order chi connectivity index (χ1) is 12.0. The van der Waals surface area contributed by atoms with E-state index in [-0.39, 0.29) is 24.1 Å². The Labute approximate surface area is 142 Å². The van der Waals surface area contributed by atoms with Crippen LogP contribution in [0.1, 0.15) is 24.2 Å². The van der Waals surface area contributed by atoms with E-state index < -0.39 is 41.4 Å². The molecule has 0 bridgehead atoms. The van der Waals surface area contributed by atoms with E-state index >= 15 is 0 Å². The highest BCUT2D eigenvalue weighted by molar-refractivity contribution is 6.14. The van der Waals surface area contributed by atoms with E-state index in [1.807, 2.05) is 0 Å². The van der Waals surface area contributed by atoms with Crippen molar-refractivity contribution in [3.63, 3.8) is 0 Å². The number of carbonyl (C=O) groups excluding carboxylic acids is 1. The van der Waals surface area contributed by atoms with Gasteiger partial charge in [-0.05, 0) is 18.9 Å². The third-order valence-corrected chi connectivity index (χ3v) is 3.57. The van der Waals surface area contributed by atoms with Crippen LogP contribution in [0.15, 0.2) is 12.4 Å². The normalized spacial score (nSPS) is 15.0. The van der Waals surface area contributed by atoms with E-state index in [0.717, 1.165) is 4.90 Å². The van der Waals surface area contributed by atoms with Gasteiger partial charge in [-0.25, -0.2) is 19.6 Å². The van der Waals surface area contributed by atoms with Gasteiger partial charge in [0, 0.05) is 13.1 Å². The lowest BCUT2D eigenvalue weighted by Crippen LogP contribution is -2.48. The van der Waals surface area contributed by atoms with Crippen LogP contribution in [0.4, 0.5) is 31.5 Å². The Kier molecular flexibility index (Phi) is 5.09. The first-order valence-corrected chi connectivity index (χ1v) is 7.14. The molecule has 0 aliphatic carbocycles. The number of nitrogens with zero attached hydrogens (tertiary/aromatic N) is 4. The Bertz CT molecular complexity index is 733. The number of carboxylic acid groups (broad SMARTS) is 1. The number of amidine groups is 1. The van der Waals surface area contributed by atoms with E-state index in [1.54, 1.807) is 0 Å². The maximum absolute atomic E-state index is 13.4. The zero-order valence-electron chi connectivity index (χ0n) is 12.9. The topological polar surface area (TPSA) is 110 Å². The van der Waals surface area contributed by atoms with Crippen molar-refractivity contribution in [1.29, 1.82) is 5.41 Å². The molecule has 13 heteroatoms. The lowest BCUT2D eigenvalue weighted by atomic mass is 10.2. The number of amides is 3. The summed E-state index contributed by atoms with van der Waals surface area (Å²) in [5.41, 5.74) is -2.63. The lowest BCUT2D eigenvalue weighted by Gasteiger charge is -2.24. The van der Waals surface area contributed by atoms with Crippen LogP contribution in [0.5, 0.6) is 0 Å². The van der Waals surface area contributed by atoms with Gasteiger partial charge in [0.15, 0.2) is 5.84 Å². The second-order valence-electron chi connectivity index (χ2n) is 5.30. The Morgan fingerprint density at radius 3 is 2.23 bits per heavy atom. The smallest absolute Gasteiger partial charge is 0.459 e. The number of imide groups is 1. The van der Waals surface area contributed by atoms with Gasteiger partial charge in [-0.1, -0.05) is 0 Å². The fraction of sp³-hybridized carbons (Fsp3) is 0.462. The summed E-state index contributed by atoms with van der Waals surface area (Å²) >= 11 is 0. The summed E-state index contributed by atoms with van der Waals surface area (Å²) in [6.45, 7) is 0.466. The highest BCUT2D eigenvalue weighted by atomic mass is 19.4. The third-order valence-electron chi connectivity index (χ3n) is 3.57. The number of hydrogen-bond acceptors (Lipinski definition) is 5. The van der Waals surface area contributed by atoms with E-state index in [4.69, 9.17) is 10.5 Å². The molecule has 1 fully saturated rings. The molecule has 3 amide bonds. The average Bonchev–Trinajstić information content (AvgIpc) is 3.08. The fourth-order valence-corrected chi connectivity index (χ4v) is 2.24. The van der Waals surface area contributed by atoms with Crippen LogP contribution in [0.2, 0.25) is 0 Å². The molecule has 0 unspecified atom stereocenters. The predicted molar refractivity (Wildman–Crippen MR) is 74.9 cm³/mol. The summed E-state index contributed by atoms with van der Waals surface area (Å²) in [4.78, 5) is 30.8. The van der Waals surface area contributed by atoms with Crippen molar-refractivity contribution in [3.8, 4) is 0 Å². The third kappa shape index (κ3) is 3.55. The predicted octanol–water partition coefficient (Wildman–Crippen LogP) is 2.65. The number of urea groups is 1. The minimum Gasteiger partial charge on any atom is -0.464 e. The summed E-state index contributed by atoms with van der Waals surface area (Å²) < 4.78 is 64.1. The van der Waals surface area contributed by atoms with Crippen LogP contribution in [0, 0.1) is 5.41 Å². The monoisotopic (exact) mass is 381 g/mol. The molecule has 0 radical (unpaired) electrons. The molecule has 1 aliphatic rings. The largest absolute Gasteiger partial charge is 0.464 e. The van der Waals surface area contributed by atoms with Gasteiger partial charge >= 0.3 is 24.2 Å². The summed E-state index contributed by atoms with van der Waals surface area (Å²) in [7, 11) is 0. The molecule has 2 rings (SSSR count). The van der Waals surface area contributed by atoms with Crippen molar-refractivity contribution in [3.05, 3.63) is 23.8 Å². The lowest BCUT2D eigenvalue weighted by molar-refractivity contribution is -0.291. The maximum atomic E-state index is 13.4. The van der Waals surface area contributed by atoms with Gasteiger partial charge in [-0.15, -0.1) is 0 Å². The van der Waals surface area contributed by atoms with E-state index in [0.29, 0.717) is 19.2 Å². The van der Waals surface area contributed by atoms with Gasteiger partial charge in [0.1, 0.15) is 17.7 Å². The summed E-state index contributed by atoms with van der Waals surface area (Å²) in [6.07, 6.45) is -6.28. The zero-order chi connectivity index (χ0) is 19.7. The molecule has 0 atom stereocenters. The summed E-state index contributed by atoms with van der Waals surface area (Å²) in [6, 6.07) is -0.981. The molecule has 0 saturated carbocycles. The van der Waals surface area contributed by atoms with Crippen molar-refractivity contribution >= 4 is 18.0 Å². The summed E-state index contributed by atoms with van der Waals surface area (Å²) in [5, 5.41) is 16.9. The Morgan fingerprint density at radius 2 is 1.73 bits per heavy atom. The average molecular weight is 381 g/mol. The highest BCUT2D eigenvalue weighted by Gasteiger charge is 2.60. The Morgan fingerprint density at radius 1 is 1.15 bits per heavy atom. The molecule has 2 heterocycles. The van der Waals surface area contributed by atoms with Crippen molar-refractivity contribution in [2.24, 2.45) is 0 Å². The Hall–Kier alpha value is -2.86. The fourth-order valence-electron chi connectivity index (χ4n) is 2.24. The van der Waals surface area contributed by atoms with Crippen LogP contribution in [-0.2, 0) is 5.92 Å². The SMILES string of the molecule is N=C(c1cc(C(F)(F)C(F)(F)F)ncn1)N(C(=O)O)C(=O)N1CCCC1. The number of rotatable bonds is 2. The number of hydrogen-bond donors (Lipinski definition) is 2. The second kappa shape index (κ2) is 6.80. The van der Waals surface area contributed by atoms with Crippen molar-refractivity contribution in [1.82, 2.24) is 19.8 Å². The highest BCUT2D eigenvalue weighted by Crippen LogP contribution is 2.42. The Balaban J connectivity index is 2.37. The molecular formula is C13H12F5N5O3. The van der Waals surface area contributed by atoms with Gasteiger partial charge in [0.25, 0.3) is 0 Å². The minimum atomic E-state index is -5.95. The maximum Gasteiger partial charge on any atom is 0.459 e. The molecule has 1 saturated heterocycles. The van der Waals surface area contributed by atoms with Crippen LogP contribution in [-0.4, -0.2) is 62.1 Å².